The summed E-state index contributed by atoms with van der Waals surface area (Å²) >= 11 is 12.0. The number of halogens is 2. The Hall–Kier alpha value is -1.60. The van der Waals surface area contributed by atoms with Crippen LogP contribution in [-0.2, 0) is 6.54 Å². The Morgan fingerprint density at radius 2 is 2.28 bits per heavy atom. The predicted octanol–water partition coefficient (Wildman–Crippen LogP) is 2.33. The number of aromatic amines is 1. The monoisotopic (exact) mass is 382 g/mol. The minimum absolute atomic E-state index is 0.00904. The largest absolute Gasteiger partial charge is 0.391 e. The SMILES string of the molecule is O=C(NC[C@@H]1CCN(Cc2ncc[nH]2)C[C@H]1O)c1cccc(Cl)c1Cl. The molecule has 2 heterocycles. The van der Waals surface area contributed by atoms with Crippen LogP contribution >= 0.6 is 23.2 Å². The molecule has 1 aromatic heterocycles. The lowest BCUT2D eigenvalue weighted by Gasteiger charge is -2.35. The summed E-state index contributed by atoms with van der Waals surface area (Å²) in [7, 11) is 0. The lowest BCUT2D eigenvalue weighted by molar-refractivity contribution is 0.0181. The van der Waals surface area contributed by atoms with Crippen LogP contribution < -0.4 is 5.32 Å². The Morgan fingerprint density at radius 1 is 1.44 bits per heavy atom. The second-order valence-electron chi connectivity index (χ2n) is 6.20. The topological polar surface area (TPSA) is 81.2 Å². The van der Waals surface area contributed by atoms with Crippen LogP contribution in [0.1, 0.15) is 22.6 Å². The molecule has 0 aliphatic carbocycles. The molecule has 2 aromatic rings. The second-order valence-corrected chi connectivity index (χ2v) is 6.98. The van der Waals surface area contributed by atoms with Gasteiger partial charge in [0.2, 0.25) is 0 Å². The summed E-state index contributed by atoms with van der Waals surface area (Å²) in [5, 5.41) is 13.8. The quantitative estimate of drug-likeness (QED) is 0.740. The molecular formula is C17H20Cl2N4O2. The second kappa shape index (κ2) is 8.19. The zero-order chi connectivity index (χ0) is 17.8. The molecule has 1 aliphatic rings. The van der Waals surface area contributed by atoms with Crippen molar-refractivity contribution in [1.29, 1.82) is 0 Å². The smallest absolute Gasteiger partial charge is 0.252 e. The van der Waals surface area contributed by atoms with E-state index in [9.17, 15) is 9.90 Å². The van der Waals surface area contributed by atoms with Gasteiger partial charge < -0.3 is 15.4 Å². The van der Waals surface area contributed by atoms with Crippen LogP contribution in [0.3, 0.4) is 0 Å². The summed E-state index contributed by atoms with van der Waals surface area (Å²) in [4.78, 5) is 21.7. The maximum absolute atomic E-state index is 12.3. The first-order valence-electron chi connectivity index (χ1n) is 8.15. The third kappa shape index (κ3) is 4.52. The fraction of sp³-hybridized carbons (Fsp3) is 0.412. The van der Waals surface area contributed by atoms with Crippen LogP contribution in [0, 0.1) is 5.92 Å². The molecule has 1 aliphatic heterocycles. The van der Waals surface area contributed by atoms with Crippen LogP contribution in [0.4, 0.5) is 0 Å². The van der Waals surface area contributed by atoms with Crippen molar-refractivity contribution in [1.82, 2.24) is 20.2 Å². The molecule has 2 atom stereocenters. The number of benzene rings is 1. The molecule has 1 aromatic carbocycles. The minimum Gasteiger partial charge on any atom is -0.391 e. The maximum atomic E-state index is 12.3. The standard InChI is InChI=1S/C17H20Cl2N4O2/c18-13-3-1-2-12(16(13)19)17(25)22-8-11-4-7-23(9-14(11)24)10-15-20-5-6-21-15/h1-3,5-6,11,14,24H,4,7-10H2,(H,20,21)(H,22,25)/t11-,14+/m0/s1. The first kappa shape index (κ1) is 18.2. The lowest BCUT2D eigenvalue weighted by atomic mass is 9.93. The van der Waals surface area contributed by atoms with E-state index in [4.69, 9.17) is 23.2 Å². The number of piperidine rings is 1. The number of likely N-dealkylation sites (tertiary alicyclic amines) is 1. The average Bonchev–Trinajstić information content (AvgIpc) is 3.09. The number of aliphatic hydroxyl groups excluding tert-OH is 1. The van der Waals surface area contributed by atoms with E-state index in [-0.39, 0.29) is 16.8 Å². The average molecular weight is 383 g/mol. The van der Waals surface area contributed by atoms with E-state index < -0.39 is 6.10 Å². The van der Waals surface area contributed by atoms with Gasteiger partial charge in [-0.15, -0.1) is 0 Å². The van der Waals surface area contributed by atoms with E-state index in [1.54, 1.807) is 30.6 Å². The van der Waals surface area contributed by atoms with Gasteiger partial charge in [0.05, 0.1) is 28.3 Å². The zero-order valence-electron chi connectivity index (χ0n) is 13.6. The molecule has 0 spiro atoms. The highest BCUT2D eigenvalue weighted by Gasteiger charge is 2.28. The molecule has 3 rings (SSSR count). The zero-order valence-corrected chi connectivity index (χ0v) is 15.1. The fourth-order valence-electron chi connectivity index (χ4n) is 3.02. The molecule has 0 radical (unpaired) electrons. The Bertz CT molecular complexity index is 723. The van der Waals surface area contributed by atoms with Gasteiger partial charge in [-0.1, -0.05) is 29.3 Å². The molecule has 1 saturated heterocycles. The van der Waals surface area contributed by atoms with Crippen molar-refractivity contribution in [3.8, 4) is 0 Å². The normalized spacial score (nSPS) is 21.2. The molecule has 6 nitrogen and oxygen atoms in total. The van der Waals surface area contributed by atoms with E-state index in [1.807, 2.05) is 0 Å². The number of β-amino-alcohol motifs (C(OH)–C–C–N with tert-alkyl or cyclic N) is 1. The highest BCUT2D eigenvalue weighted by Crippen LogP contribution is 2.25. The highest BCUT2D eigenvalue weighted by molar-refractivity contribution is 6.43. The van der Waals surface area contributed by atoms with Crippen molar-refractivity contribution < 1.29 is 9.90 Å². The van der Waals surface area contributed by atoms with Crippen molar-refractivity contribution in [3.63, 3.8) is 0 Å². The minimum atomic E-state index is -0.501. The van der Waals surface area contributed by atoms with Gasteiger partial charge in [-0.25, -0.2) is 4.98 Å². The molecule has 25 heavy (non-hydrogen) atoms. The lowest BCUT2D eigenvalue weighted by Crippen LogP contribution is -2.47. The summed E-state index contributed by atoms with van der Waals surface area (Å²) < 4.78 is 0. The fourth-order valence-corrected chi connectivity index (χ4v) is 3.41. The van der Waals surface area contributed by atoms with Crippen LogP contribution in [0.15, 0.2) is 30.6 Å². The number of rotatable bonds is 5. The number of aromatic nitrogens is 2. The number of imidazole rings is 1. The molecule has 0 saturated carbocycles. The Kier molecular flexibility index (Phi) is 5.96. The summed E-state index contributed by atoms with van der Waals surface area (Å²) in [6.45, 7) is 2.48. The summed E-state index contributed by atoms with van der Waals surface area (Å²) in [6, 6.07) is 4.95. The van der Waals surface area contributed by atoms with Crippen molar-refractivity contribution in [3.05, 3.63) is 52.0 Å². The van der Waals surface area contributed by atoms with E-state index in [2.05, 4.69) is 20.2 Å². The van der Waals surface area contributed by atoms with E-state index in [0.29, 0.717) is 30.2 Å². The van der Waals surface area contributed by atoms with E-state index in [1.165, 1.54) is 0 Å². The van der Waals surface area contributed by atoms with Crippen molar-refractivity contribution in [2.75, 3.05) is 19.6 Å². The molecule has 0 bridgehead atoms. The molecule has 8 heteroatoms. The molecule has 134 valence electrons. The van der Waals surface area contributed by atoms with Gasteiger partial charge in [0.25, 0.3) is 5.91 Å². The number of nitrogens with zero attached hydrogens (tertiary/aromatic N) is 2. The third-order valence-electron chi connectivity index (χ3n) is 4.45. The predicted molar refractivity (Wildman–Crippen MR) is 96.8 cm³/mol. The Labute approximate surface area is 156 Å². The maximum Gasteiger partial charge on any atom is 0.252 e. The first-order valence-corrected chi connectivity index (χ1v) is 8.91. The summed E-state index contributed by atoms with van der Waals surface area (Å²) in [5.74, 6) is 0.613. The van der Waals surface area contributed by atoms with Gasteiger partial charge in [0.1, 0.15) is 5.82 Å². The molecular weight excluding hydrogens is 363 g/mol. The molecule has 0 unspecified atom stereocenters. The van der Waals surface area contributed by atoms with Crippen molar-refractivity contribution in [2.45, 2.75) is 19.1 Å². The van der Waals surface area contributed by atoms with E-state index in [0.717, 1.165) is 18.8 Å². The van der Waals surface area contributed by atoms with E-state index >= 15 is 0 Å². The van der Waals surface area contributed by atoms with Gasteiger partial charge in [-0.2, -0.15) is 0 Å². The van der Waals surface area contributed by atoms with Gasteiger partial charge in [0.15, 0.2) is 0 Å². The number of hydrogen-bond acceptors (Lipinski definition) is 4. The van der Waals surface area contributed by atoms with Crippen LogP contribution in [0.25, 0.3) is 0 Å². The van der Waals surface area contributed by atoms with Gasteiger partial charge in [-0.05, 0) is 25.1 Å². The van der Waals surface area contributed by atoms with Crippen molar-refractivity contribution in [2.24, 2.45) is 5.92 Å². The molecule has 1 fully saturated rings. The Morgan fingerprint density at radius 3 is 3.00 bits per heavy atom. The Balaban J connectivity index is 1.50. The van der Waals surface area contributed by atoms with Gasteiger partial charge in [-0.3, -0.25) is 9.69 Å². The summed E-state index contributed by atoms with van der Waals surface area (Å²) in [6.07, 6.45) is 3.80. The number of hydrogen-bond donors (Lipinski definition) is 3. The number of carbonyl (C=O) groups excluding carboxylic acids is 1. The van der Waals surface area contributed by atoms with Crippen molar-refractivity contribution >= 4 is 29.1 Å². The third-order valence-corrected chi connectivity index (χ3v) is 5.27. The number of nitrogens with one attached hydrogen (secondary N) is 2. The van der Waals surface area contributed by atoms with Crippen LogP contribution in [-0.4, -0.2) is 51.6 Å². The van der Waals surface area contributed by atoms with Crippen LogP contribution in [0.2, 0.25) is 10.0 Å². The number of aliphatic hydroxyl groups is 1. The molecule has 3 N–H and O–H groups in total. The number of carbonyl (C=O) groups is 1. The van der Waals surface area contributed by atoms with Crippen LogP contribution in [0.5, 0.6) is 0 Å². The summed E-state index contributed by atoms with van der Waals surface area (Å²) in [5.41, 5.74) is 0.346. The molecule has 1 amide bonds. The number of H-pyrrole nitrogens is 1. The van der Waals surface area contributed by atoms with Gasteiger partial charge >= 0.3 is 0 Å². The first-order chi connectivity index (χ1) is 12.0. The van der Waals surface area contributed by atoms with Gasteiger partial charge in [0, 0.05) is 31.4 Å². The number of amides is 1. The highest BCUT2D eigenvalue weighted by atomic mass is 35.5.